The van der Waals surface area contributed by atoms with Gasteiger partial charge in [0.05, 0.1) is 6.54 Å². The monoisotopic (exact) mass is 353 g/mol. The summed E-state index contributed by atoms with van der Waals surface area (Å²) in [5.41, 5.74) is 0.571. The molecule has 0 radical (unpaired) electrons. The molecule has 1 N–H and O–H groups in total. The smallest absolute Gasteiger partial charge is 0.176 e. The molecule has 4 heteroatoms. The Morgan fingerprint density at radius 3 is 2.27 bits per heavy atom. The number of carbonyl (C=O) groups is 1. The van der Waals surface area contributed by atoms with E-state index in [2.05, 4.69) is 4.90 Å². The second-order valence-corrected chi connectivity index (χ2v) is 7.91. The van der Waals surface area contributed by atoms with E-state index in [9.17, 15) is 9.90 Å². The maximum atomic E-state index is 15.3. The number of phenolic OH excluding ortho intramolecular Hbond substituents is 1. The van der Waals surface area contributed by atoms with E-state index in [1.807, 2.05) is 30.3 Å². The van der Waals surface area contributed by atoms with Crippen LogP contribution in [0.1, 0.15) is 28.8 Å². The van der Waals surface area contributed by atoms with Crippen molar-refractivity contribution in [3.05, 3.63) is 65.7 Å². The van der Waals surface area contributed by atoms with E-state index in [1.165, 1.54) is 12.1 Å². The minimum atomic E-state index is -1.11. The summed E-state index contributed by atoms with van der Waals surface area (Å²) < 4.78 is 15.3. The Morgan fingerprint density at radius 2 is 1.65 bits per heavy atom. The second kappa shape index (κ2) is 6.84. The molecule has 2 aromatic carbocycles. The van der Waals surface area contributed by atoms with Crippen molar-refractivity contribution in [3.8, 4) is 5.75 Å². The topological polar surface area (TPSA) is 40.5 Å². The zero-order valence-corrected chi connectivity index (χ0v) is 14.8. The molecule has 136 valence electrons. The lowest BCUT2D eigenvalue weighted by Gasteiger charge is -2.23. The summed E-state index contributed by atoms with van der Waals surface area (Å²) in [6, 6.07) is 16.3. The number of phenols is 1. The number of nitrogens with zero attached hydrogens (tertiary/aromatic N) is 1. The van der Waals surface area contributed by atoms with Crippen molar-refractivity contribution in [1.82, 2.24) is 4.90 Å². The fourth-order valence-electron chi connectivity index (χ4n) is 4.70. The Hall–Kier alpha value is -2.20. The van der Waals surface area contributed by atoms with Gasteiger partial charge in [-0.3, -0.25) is 9.69 Å². The van der Waals surface area contributed by atoms with Crippen molar-refractivity contribution in [3.63, 3.8) is 0 Å². The van der Waals surface area contributed by atoms with Gasteiger partial charge in [0, 0.05) is 25.1 Å². The molecule has 1 aliphatic heterocycles. The molecule has 2 aromatic rings. The van der Waals surface area contributed by atoms with Crippen LogP contribution in [0.4, 0.5) is 4.39 Å². The van der Waals surface area contributed by atoms with Crippen LogP contribution in [0, 0.1) is 11.8 Å². The van der Waals surface area contributed by atoms with Crippen molar-refractivity contribution < 1.29 is 14.3 Å². The molecular formula is C22H24FNO2. The van der Waals surface area contributed by atoms with E-state index in [0.29, 0.717) is 43.2 Å². The van der Waals surface area contributed by atoms with E-state index in [0.717, 1.165) is 18.7 Å². The number of ketones is 1. The van der Waals surface area contributed by atoms with Crippen molar-refractivity contribution in [2.45, 2.75) is 24.9 Å². The number of hydrogen-bond donors (Lipinski definition) is 1. The molecular weight excluding hydrogens is 329 g/mol. The zero-order chi connectivity index (χ0) is 18.1. The van der Waals surface area contributed by atoms with Crippen LogP contribution in [-0.4, -0.2) is 41.1 Å². The first-order valence-electron chi connectivity index (χ1n) is 9.28. The third-order valence-corrected chi connectivity index (χ3v) is 5.83. The fraction of sp³-hybridized carbons (Fsp3) is 0.409. The van der Waals surface area contributed by atoms with Crippen molar-refractivity contribution in [1.29, 1.82) is 0 Å². The summed E-state index contributed by atoms with van der Waals surface area (Å²) in [7, 11) is 0. The number of fused-ring (bicyclic) bond motifs is 1. The average Bonchev–Trinajstić information content (AvgIpc) is 3.10. The summed E-state index contributed by atoms with van der Waals surface area (Å²) in [4.78, 5) is 14.6. The van der Waals surface area contributed by atoms with Gasteiger partial charge in [0.15, 0.2) is 5.78 Å². The lowest BCUT2D eigenvalue weighted by Crippen LogP contribution is -2.31. The number of rotatable bonds is 5. The SMILES string of the molecule is O=C(CN1C[C@@H]2CC(F)(Cc3ccccc3)C[C@@H]2C1)c1ccc(O)cc1. The van der Waals surface area contributed by atoms with Gasteiger partial charge >= 0.3 is 0 Å². The minimum Gasteiger partial charge on any atom is -0.508 e. The molecule has 0 amide bonds. The second-order valence-electron chi connectivity index (χ2n) is 7.91. The fourth-order valence-corrected chi connectivity index (χ4v) is 4.70. The quantitative estimate of drug-likeness (QED) is 0.830. The van der Waals surface area contributed by atoms with Gasteiger partial charge in [-0.25, -0.2) is 4.39 Å². The highest BCUT2D eigenvalue weighted by atomic mass is 19.1. The third kappa shape index (κ3) is 3.65. The van der Waals surface area contributed by atoms with Gasteiger partial charge in [0.2, 0.25) is 0 Å². The van der Waals surface area contributed by atoms with Crippen LogP contribution in [0.3, 0.4) is 0 Å². The Labute approximate surface area is 153 Å². The Morgan fingerprint density at radius 1 is 1.04 bits per heavy atom. The van der Waals surface area contributed by atoms with Crippen LogP contribution in [-0.2, 0) is 6.42 Å². The van der Waals surface area contributed by atoms with Crippen LogP contribution in [0.25, 0.3) is 0 Å². The number of alkyl halides is 1. The molecule has 2 aliphatic rings. The van der Waals surface area contributed by atoms with E-state index in [4.69, 9.17) is 0 Å². The minimum absolute atomic E-state index is 0.0563. The molecule has 2 fully saturated rings. The number of benzene rings is 2. The molecule has 1 heterocycles. The summed E-state index contributed by atoms with van der Waals surface area (Å²) in [5, 5.41) is 9.33. The van der Waals surface area contributed by atoms with Gasteiger partial charge in [-0.2, -0.15) is 0 Å². The van der Waals surface area contributed by atoms with E-state index < -0.39 is 5.67 Å². The summed E-state index contributed by atoms with van der Waals surface area (Å²) in [6.07, 6.45) is 1.68. The standard InChI is InChI=1S/C22H24FNO2/c23-22(10-16-4-2-1-3-5-16)11-18-13-24(14-19(18)12-22)15-21(26)17-6-8-20(25)9-7-17/h1-9,18-19,25H,10-15H2/t18-,19+,22?. The Bertz CT molecular complexity index is 760. The number of hydrogen-bond acceptors (Lipinski definition) is 3. The number of halogens is 1. The van der Waals surface area contributed by atoms with Gasteiger partial charge < -0.3 is 5.11 Å². The van der Waals surface area contributed by atoms with Crippen molar-refractivity contribution in [2.75, 3.05) is 19.6 Å². The number of aromatic hydroxyl groups is 1. The summed E-state index contributed by atoms with van der Waals surface area (Å²) in [6.45, 7) is 1.97. The molecule has 3 nitrogen and oxygen atoms in total. The Balaban J connectivity index is 1.33. The highest BCUT2D eigenvalue weighted by Crippen LogP contribution is 2.47. The number of carbonyl (C=O) groups excluding carboxylic acids is 1. The zero-order valence-electron chi connectivity index (χ0n) is 14.8. The molecule has 0 spiro atoms. The molecule has 4 rings (SSSR count). The van der Waals surface area contributed by atoms with Crippen LogP contribution in [0.5, 0.6) is 5.75 Å². The predicted octanol–water partition coefficient (Wildman–Crippen LogP) is 3.87. The summed E-state index contributed by atoms with van der Waals surface area (Å²) >= 11 is 0. The van der Waals surface area contributed by atoms with Gasteiger partial charge in [0.1, 0.15) is 11.4 Å². The van der Waals surface area contributed by atoms with Gasteiger partial charge in [-0.15, -0.1) is 0 Å². The van der Waals surface area contributed by atoms with Crippen molar-refractivity contribution in [2.24, 2.45) is 11.8 Å². The highest BCUT2D eigenvalue weighted by Gasteiger charge is 2.49. The van der Waals surface area contributed by atoms with Crippen LogP contribution in [0.15, 0.2) is 54.6 Å². The molecule has 1 saturated heterocycles. The number of Topliss-reactive ketones (excluding diaryl/α,β-unsaturated/α-hetero) is 1. The van der Waals surface area contributed by atoms with Crippen LogP contribution in [0.2, 0.25) is 0 Å². The first kappa shape index (κ1) is 17.2. The van der Waals surface area contributed by atoms with E-state index in [-0.39, 0.29) is 11.5 Å². The molecule has 26 heavy (non-hydrogen) atoms. The van der Waals surface area contributed by atoms with Gasteiger partial charge in [0.25, 0.3) is 0 Å². The van der Waals surface area contributed by atoms with E-state index >= 15 is 4.39 Å². The Kier molecular flexibility index (Phi) is 4.53. The molecule has 1 saturated carbocycles. The number of likely N-dealkylation sites (tertiary alicyclic amines) is 1. The molecule has 1 unspecified atom stereocenters. The van der Waals surface area contributed by atoms with Crippen molar-refractivity contribution >= 4 is 5.78 Å². The first-order valence-corrected chi connectivity index (χ1v) is 9.28. The molecule has 0 bridgehead atoms. The lowest BCUT2D eigenvalue weighted by atomic mass is 9.93. The largest absolute Gasteiger partial charge is 0.508 e. The third-order valence-electron chi connectivity index (χ3n) is 5.83. The normalized spacial score (nSPS) is 28.2. The van der Waals surface area contributed by atoms with Crippen LogP contribution >= 0.6 is 0 Å². The maximum absolute atomic E-state index is 15.3. The average molecular weight is 353 g/mol. The highest BCUT2D eigenvalue weighted by molar-refractivity contribution is 5.97. The predicted molar refractivity (Wildman–Crippen MR) is 99.1 cm³/mol. The maximum Gasteiger partial charge on any atom is 0.176 e. The van der Waals surface area contributed by atoms with Gasteiger partial charge in [-0.05, 0) is 54.5 Å². The lowest BCUT2D eigenvalue weighted by molar-refractivity contribution is 0.0930. The molecule has 3 atom stereocenters. The molecule has 0 aromatic heterocycles. The molecule has 1 aliphatic carbocycles. The van der Waals surface area contributed by atoms with Gasteiger partial charge in [-0.1, -0.05) is 30.3 Å². The first-order chi connectivity index (χ1) is 12.5. The summed E-state index contributed by atoms with van der Waals surface area (Å²) in [5.74, 6) is 0.906. The van der Waals surface area contributed by atoms with Crippen LogP contribution < -0.4 is 0 Å². The van der Waals surface area contributed by atoms with E-state index in [1.54, 1.807) is 12.1 Å².